The summed E-state index contributed by atoms with van der Waals surface area (Å²) in [4.78, 5) is 0. The van der Waals surface area contributed by atoms with Gasteiger partial charge < -0.3 is 10.1 Å². The van der Waals surface area contributed by atoms with E-state index in [2.05, 4.69) is 5.32 Å². The highest BCUT2D eigenvalue weighted by Gasteiger charge is 2.15. The number of hydrogen-bond acceptors (Lipinski definition) is 2. The lowest BCUT2D eigenvalue weighted by Gasteiger charge is -2.18. The topological polar surface area (TPSA) is 21.3 Å². The van der Waals surface area contributed by atoms with Crippen molar-refractivity contribution in [1.82, 2.24) is 5.32 Å². The fourth-order valence-corrected chi connectivity index (χ4v) is 2.22. The maximum Gasteiger partial charge on any atom is 0.131 e. The van der Waals surface area contributed by atoms with Crippen LogP contribution in [0.1, 0.15) is 24.1 Å². The van der Waals surface area contributed by atoms with Gasteiger partial charge in [-0.25, -0.2) is 4.39 Å². The van der Waals surface area contributed by atoms with Gasteiger partial charge in [-0.1, -0.05) is 29.8 Å². The summed E-state index contributed by atoms with van der Waals surface area (Å²) < 4.78 is 19.1. The minimum absolute atomic E-state index is 0.151. The number of rotatable bonds is 5. The molecule has 0 amide bonds. The molecule has 0 radical (unpaired) electrons. The molecule has 2 nitrogen and oxygen atoms in total. The van der Waals surface area contributed by atoms with E-state index >= 15 is 0 Å². The second-order valence-electron chi connectivity index (χ2n) is 4.58. The van der Waals surface area contributed by atoms with Crippen molar-refractivity contribution < 1.29 is 9.13 Å². The van der Waals surface area contributed by atoms with E-state index in [1.807, 2.05) is 31.2 Å². The van der Waals surface area contributed by atoms with E-state index in [9.17, 15) is 4.39 Å². The molecule has 0 aromatic heterocycles. The van der Waals surface area contributed by atoms with Gasteiger partial charge >= 0.3 is 0 Å². The van der Waals surface area contributed by atoms with Crippen LogP contribution in [0.5, 0.6) is 5.75 Å². The van der Waals surface area contributed by atoms with E-state index in [-0.39, 0.29) is 11.9 Å². The van der Waals surface area contributed by atoms with E-state index in [0.717, 1.165) is 5.56 Å². The second kappa shape index (κ2) is 6.73. The van der Waals surface area contributed by atoms with Crippen LogP contribution in [0.4, 0.5) is 4.39 Å². The van der Waals surface area contributed by atoms with E-state index in [0.29, 0.717) is 22.9 Å². The minimum atomic E-state index is -0.263. The molecule has 1 unspecified atom stereocenters. The maximum atomic E-state index is 13.9. The van der Waals surface area contributed by atoms with Crippen LogP contribution in [0, 0.1) is 5.82 Å². The molecule has 0 saturated heterocycles. The van der Waals surface area contributed by atoms with Gasteiger partial charge in [-0.15, -0.1) is 0 Å². The maximum absolute atomic E-state index is 13.9. The van der Waals surface area contributed by atoms with Crippen molar-refractivity contribution in [1.29, 1.82) is 0 Å². The Balaban J connectivity index is 2.08. The third kappa shape index (κ3) is 3.50. The molecule has 106 valence electrons. The highest BCUT2D eigenvalue weighted by Crippen LogP contribution is 2.27. The highest BCUT2D eigenvalue weighted by molar-refractivity contribution is 6.30. The first kappa shape index (κ1) is 14.8. The van der Waals surface area contributed by atoms with Crippen LogP contribution in [0.3, 0.4) is 0 Å². The summed E-state index contributed by atoms with van der Waals surface area (Å²) in [6.07, 6.45) is 0. The standard InChI is InChI=1S/C16H17ClFNO/c1-11(16-14(18)4-3-5-15(16)20-2)19-10-12-6-8-13(17)9-7-12/h3-9,11,19H,10H2,1-2H3. The Kier molecular flexibility index (Phi) is 4.99. The molecule has 2 rings (SSSR count). The first-order valence-corrected chi connectivity index (χ1v) is 6.80. The van der Waals surface area contributed by atoms with Gasteiger partial charge in [0.1, 0.15) is 11.6 Å². The van der Waals surface area contributed by atoms with Crippen molar-refractivity contribution in [3.8, 4) is 5.75 Å². The molecular formula is C16H17ClFNO. The summed E-state index contributed by atoms with van der Waals surface area (Å²) >= 11 is 5.84. The molecule has 20 heavy (non-hydrogen) atoms. The smallest absolute Gasteiger partial charge is 0.131 e. The lowest BCUT2D eigenvalue weighted by molar-refractivity contribution is 0.393. The van der Waals surface area contributed by atoms with E-state index in [4.69, 9.17) is 16.3 Å². The van der Waals surface area contributed by atoms with E-state index < -0.39 is 0 Å². The van der Waals surface area contributed by atoms with Crippen molar-refractivity contribution in [3.05, 3.63) is 64.4 Å². The zero-order chi connectivity index (χ0) is 14.5. The van der Waals surface area contributed by atoms with Crippen LogP contribution in [0.25, 0.3) is 0 Å². The molecule has 2 aromatic rings. The Hall–Kier alpha value is -1.58. The van der Waals surface area contributed by atoms with Gasteiger partial charge in [0.2, 0.25) is 0 Å². The Morgan fingerprint density at radius 2 is 1.90 bits per heavy atom. The molecule has 0 saturated carbocycles. The van der Waals surface area contributed by atoms with Crippen molar-refractivity contribution in [2.75, 3.05) is 7.11 Å². The highest BCUT2D eigenvalue weighted by atomic mass is 35.5. The average Bonchev–Trinajstić information content (AvgIpc) is 2.46. The van der Waals surface area contributed by atoms with Crippen molar-refractivity contribution >= 4 is 11.6 Å². The Labute approximate surface area is 123 Å². The quantitative estimate of drug-likeness (QED) is 0.885. The van der Waals surface area contributed by atoms with Gasteiger partial charge in [0.25, 0.3) is 0 Å². The first-order chi connectivity index (χ1) is 9.61. The summed E-state index contributed by atoms with van der Waals surface area (Å²) in [5, 5.41) is 3.99. The number of ether oxygens (including phenoxy) is 1. The Bertz CT molecular complexity index is 571. The third-order valence-corrected chi connectivity index (χ3v) is 3.44. The monoisotopic (exact) mass is 293 g/mol. The molecule has 0 aliphatic carbocycles. The van der Waals surface area contributed by atoms with Crippen LogP contribution < -0.4 is 10.1 Å². The van der Waals surface area contributed by atoms with Crippen molar-refractivity contribution in [2.45, 2.75) is 19.5 Å². The summed E-state index contributed by atoms with van der Waals surface area (Å²) in [6, 6.07) is 12.3. The predicted molar refractivity (Wildman–Crippen MR) is 79.7 cm³/mol. The molecule has 0 spiro atoms. The van der Waals surface area contributed by atoms with Crippen LogP contribution in [-0.2, 0) is 6.54 Å². The van der Waals surface area contributed by atoms with Crippen LogP contribution >= 0.6 is 11.6 Å². The number of halogens is 2. The molecule has 4 heteroatoms. The number of methoxy groups -OCH3 is 1. The van der Waals surface area contributed by atoms with Gasteiger partial charge in [0.05, 0.1) is 7.11 Å². The van der Waals surface area contributed by atoms with E-state index in [1.165, 1.54) is 6.07 Å². The SMILES string of the molecule is COc1cccc(F)c1C(C)NCc1ccc(Cl)cc1. The van der Waals surface area contributed by atoms with Gasteiger partial charge in [0, 0.05) is 23.2 Å². The molecule has 1 atom stereocenters. The first-order valence-electron chi connectivity index (χ1n) is 6.42. The molecule has 0 aliphatic heterocycles. The lowest BCUT2D eigenvalue weighted by atomic mass is 10.1. The number of benzene rings is 2. The van der Waals surface area contributed by atoms with Gasteiger partial charge in [0.15, 0.2) is 0 Å². The summed E-state index contributed by atoms with van der Waals surface area (Å²) in [5.74, 6) is 0.293. The van der Waals surface area contributed by atoms with Crippen molar-refractivity contribution in [2.24, 2.45) is 0 Å². The van der Waals surface area contributed by atoms with Gasteiger partial charge in [-0.3, -0.25) is 0 Å². The Morgan fingerprint density at radius 3 is 2.55 bits per heavy atom. The molecule has 1 N–H and O–H groups in total. The van der Waals surface area contributed by atoms with Crippen LogP contribution in [0.15, 0.2) is 42.5 Å². The van der Waals surface area contributed by atoms with Gasteiger partial charge in [-0.05, 0) is 36.8 Å². The molecule has 0 bridgehead atoms. The number of nitrogens with one attached hydrogen (secondary N) is 1. The summed E-state index contributed by atoms with van der Waals surface area (Å²) in [6.45, 7) is 2.55. The fraction of sp³-hybridized carbons (Fsp3) is 0.250. The zero-order valence-corrected chi connectivity index (χ0v) is 12.2. The largest absolute Gasteiger partial charge is 0.496 e. The van der Waals surface area contributed by atoms with Gasteiger partial charge in [-0.2, -0.15) is 0 Å². The number of hydrogen-bond donors (Lipinski definition) is 1. The molecule has 2 aromatic carbocycles. The van der Waals surface area contributed by atoms with Crippen molar-refractivity contribution in [3.63, 3.8) is 0 Å². The third-order valence-electron chi connectivity index (χ3n) is 3.19. The molecule has 0 heterocycles. The lowest BCUT2D eigenvalue weighted by Crippen LogP contribution is -2.19. The fourth-order valence-electron chi connectivity index (χ4n) is 2.09. The van der Waals surface area contributed by atoms with Crippen LogP contribution in [-0.4, -0.2) is 7.11 Å². The molecule has 0 aliphatic rings. The van der Waals surface area contributed by atoms with Crippen LogP contribution in [0.2, 0.25) is 5.02 Å². The molecular weight excluding hydrogens is 277 g/mol. The summed E-state index contributed by atoms with van der Waals surface area (Å²) in [7, 11) is 1.55. The normalized spacial score (nSPS) is 12.2. The minimum Gasteiger partial charge on any atom is -0.496 e. The van der Waals surface area contributed by atoms with E-state index in [1.54, 1.807) is 19.2 Å². The zero-order valence-electron chi connectivity index (χ0n) is 11.5. The second-order valence-corrected chi connectivity index (χ2v) is 5.02. The summed E-state index contributed by atoms with van der Waals surface area (Å²) in [5.41, 5.74) is 1.64. The molecule has 0 fully saturated rings. The average molecular weight is 294 g/mol. The Morgan fingerprint density at radius 1 is 1.20 bits per heavy atom. The predicted octanol–water partition coefficient (Wildman–Crippen LogP) is 4.34.